The second-order valence-corrected chi connectivity index (χ2v) is 5.65. The van der Waals surface area contributed by atoms with Gasteiger partial charge < -0.3 is 24.3 Å². The molecule has 3 rings (SSSR count). The maximum Gasteiger partial charge on any atom is 0.165 e. The fourth-order valence-electron chi connectivity index (χ4n) is 2.82. The molecule has 1 aliphatic rings. The Labute approximate surface area is 154 Å². The molecule has 1 aliphatic heterocycles. The van der Waals surface area contributed by atoms with Gasteiger partial charge in [-0.25, -0.2) is 0 Å². The van der Waals surface area contributed by atoms with Crippen LogP contribution < -0.4 is 24.3 Å². The molecule has 1 atom stereocenters. The first-order valence-corrected chi connectivity index (χ1v) is 8.05. The van der Waals surface area contributed by atoms with Crippen LogP contribution in [0.5, 0.6) is 23.0 Å². The first kappa shape index (κ1) is 19.2. The summed E-state index contributed by atoms with van der Waals surface area (Å²) in [5.41, 5.74) is 2.14. The van der Waals surface area contributed by atoms with Gasteiger partial charge >= 0.3 is 0 Å². The monoisotopic (exact) mass is 365 g/mol. The van der Waals surface area contributed by atoms with Crippen LogP contribution >= 0.6 is 12.4 Å². The van der Waals surface area contributed by atoms with Gasteiger partial charge in [0.15, 0.2) is 11.5 Å². The predicted octanol–water partition coefficient (Wildman–Crippen LogP) is 3.75. The number of fused-ring (bicyclic) bond motifs is 1. The van der Waals surface area contributed by atoms with E-state index in [0.717, 1.165) is 34.1 Å². The Morgan fingerprint density at radius 2 is 1.88 bits per heavy atom. The fourth-order valence-corrected chi connectivity index (χ4v) is 2.82. The summed E-state index contributed by atoms with van der Waals surface area (Å²) in [6.45, 7) is 3.96. The largest absolute Gasteiger partial charge is 0.497 e. The fraction of sp³-hybridized carbons (Fsp3) is 0.368. The van der Waals surface area contributed by atoms with Crippen LogP contribution in [0.15, 0.2) is 36.4 Å². The molecule has 0 saturated heterocycles. The number of nitrogens with one attached hydrogen (secondary N) is 1. The maximum atomic E-state index is 5.76. The highest BCUT2D eigenvalue weighted by Gasteiger charge is 2.17. The topological polar surface area (TPSA) is 49.0 Å². The van der Waals surface area contributed by atoms with Crippen LogP contribution in [-0.2, 0) is 6.54 Å². The quantitative estimate of drug-likeness (QED) is 0.844. The second kappa shape index (κ2) is 8.83. The SMILES string of the molecule is COc1ccc(OC)c(C(C)NCc2cccc3c2OCCO3)c1.Cl. The highest BCUT2D eigenvalue weighted by atomic mass is 35.5. The molecule has 0 bridgehead atoms. The zero-order valence-corrected chi connectivity index (χ0v) is 15.5. The van der Waals surface area contributed by atoms with Crippen LogP contribution in [0.1, 0.15) is 24.1 Å². The molecular weight excluding hydrogens is 342 g/mol. The average molecular weight is 366 g/mol. The number of benzene rings is 2. The van der Waals surface area contributed by atoms with Crippen molar-refractivity contribution in [3.63, 3.8) is 0 Å². The van der Waals surface area contributed by atoms with Crippen LogP contribution in [0.2, 0.25) is 0 Å². The van der Waals surface area contributed by atoms with Crippen LogP contribution in [0.25, 0.3) is 0 Å². The van der Waals surface area contributed by atoms with Crippen molar-refractivity contribution in [2.75, 3.05) is 27.4 Å². The standard InChI is InChI=1S/C19H23NO4.ClH/c1-13(16-11-15(21-2)7-8-17(16)22-3)20-12-14-5-4-6-18-19(14)24-10-9-23-18;/h4-8,11,13,20H,9-10,12H2,1-3H3;1H. The van der Waals surface area contributed by atoms with E-state index < -0.39 is 0 Å². The summed E-state index contributed by atoms with van der Waals surface area (Å²) >= 11 is 0. The van der Waals surface area contributed by atoms with Gasteiger partial charge in [-0.3, -0.25) is 0 Å². The number of halogens is 1. The van der Waals surface area contributed by atoms with E-state index >= 15 is 0 Å². The number of hydrogen-bond acceptors (Lipinski definition) is 5. The molecule has 0 spiro atoms. The lowest BCUT2D eigenvalue weighted by Crippen LogP contribution is -2.21. The van der Waals surface area contributed by atoms with E-state index in [9.17, 15) is 0 Å². The summed E-state index contributed by atoms with van der Waals surface area (Å²) < 4.78 is 22.2. The zero-order chi connectivity index (χ0) is 16.9. The molecule has 1 N–H and O–H groups in total. The van der Waals surface area contributed by atoms with Crippen LogP contribution in [0.3, 0.4) is 0 Å². The predicted molar refractivity (Wildman–Crippen MR) is 99.5 cm³/mol. The van der Waals surface area contributed by atoms with E-state index in [2.05, 4.69) is 18.3 Å². The Morgan fingerprint density at radius 1 is 1.08 bits per heavy atom. The highest BCUT2D eigenvalue weighted by Crippen LogP contribution is 2.34. The molecule has 0 aromatic heterocycles. The third kappa shape index (κ3) is 4.30. The summed E-state index contributed by atoms with van der Waals surface area (Å²) in [6, 6.07) is 11.9. The zero-order valence-electron chi connectivity index (χ0n) is 14.7. The van der Waals surface area contributed by atoms with Crippen LogP contribution in [-0.4, -0.2) is 27.4 Å². The molecule has 0 saturated carbocycles. The number of para-hydroxylation sites is 1. The molecule has 25 heavy (non-hydrogen) atoms. The van der Waals surface area contributed by atoms with Crippen molar-refractivity contribution in [2.24, 2.45) is 0 Å². The summed E-state index contributed by atoms with van der Waals surface area (Å²) in [4.78, 5) is 0. The van der Waals surface area contributed by atoms with Crippen molar-refractivity contribution in [2.45, 2.75) is 19.5 Å². The van der Waals surface area contributed by atoms with Gasteiger partial charge in [0.05, 0.1) is 14.2 Å². The van der Waals surface area contributed by atoms with Gasteiger partial charge in [-0.05, 0) is 31.2 Å². The van der Waals surface area contributed by atoms with Gasteiger partial charge in [0.25, 0.3) is 0 Å². The average Bonchev–Trinajstić information content (AvgIpc) is 2.65. The maximum absolute atomic E-state index is 5.76. The van der Waals surface area contributed by atoms with Gasteiger partial charge in [0.1, 0.15) is 24.7 Å². The Balaban J connectivity index is 0.00000225. The van der Waals surface area contributed by atoms with Gasteiger partial charge in [-0.1, -0.05) is 12.1 Å². The number of methoxy groups -OCH3 is 2. The lowest BCUT2D eigenvalue weighted by molar-refractivity contribution is 0.169. The third-order valence-corrected chi connectivity index (χ3v) is 4.15. The molecule has 0 radical (unpaired) electrons. The minimum atomic E-state index is 0. The van der Waals surface area contributed by atoms with Crippen molar-refractivity contribution < 1.29 is 18.9 Å². The lowest BCUT2D eigenvalue weighted by atomic mass is 10.1. The molecule has 1 unspecified atom stereocenters. The molecule has 6 heteroatoms. The summed E-state index contributed by atoms with van der Waals surface area (Å²) in [6.07, 6.45) is 0. The molecule has 2 aromatic rings. The first-order valence-electron chi connectivity index (χ1n) is 8.05. The normalized spacial score (nSPS) is 13.6. The van der Waals surface area contributed by atoms with Gasteiger partial charge in [-0.2, -0.15) is 0 Å². The summed E-state index contributed by atoms with van der Waals surface area (Å²) in [7, 11) is 3.34. The molecule has 2 aromatic carbocycles. The van der Waals surface area contributed by atoms with E-state index in [1.54, 1.807) is 14.2 Å². The van der Waals surface area contributed by atoms with Crippen molar-refractivity contribution in [3.8, 4) is 23.0 Å². The lowest BCUT2D eigenvalue weighted by Gasteiger charge is -2.23. The number of ether oxygens (including phenoxy) is 4. The van der Waals surface area contributed by atoms with Crippen molar-refractivity contribution in [1.29, 1.82) is 0 Å². The Hall–Kier alpha value is -2.11. The van der Waals surface area contributed by atoms with Crippen molar-refractivity contribution in [3.05, 3.63) is 47.5 Å². The van der Waals surface area contributed by atoms with Gasteiger partial charge in [0.2, 0.25) is 0 Å². The highest BCUT2D eigenvalue weighted by molar-refractivity contribution is 5.85. The Morgan fingerprint density at radius 3 is 2.64 bits per heavy atom. The van der Waals surface area contributed by atoms with E-state index in [1.165, 1.54) is 0 Å². The minimum absolute atomic E-state index is 0. The third-order valence-electron chi connectivity index (χ3n) is 4.15. The van der Waals surface area contributed by atoms with E-state index in [0.29, 0.717) is 19.8 Å². The number of rotatable bonds is 6. The van der Waals surface area contributed by atoms with Crippen LogP contribution in [0.4, 0.5) is 0 Å². The second-order valence-electron chi connectivity index (χ2n) is 5.65. The molecule has 5 nitrogen and oxygen atoms in total. The Bertz CT molecular complexity index is 708. The molecule has 0 aliphatic carbocycles. The first-order chi connectivity index (χ1) is 11.7. The van der Waals surface area contributed by atoms with Gasteiger partial charge in [0, 0.05) is 23.7 Å². The molecule has 0 amide bonds. The van der Waals surface area contributed by atoms with Gasteiger partial charge in [-0.15, -0.1) is 12.4 Å². The molecule has 0 fully saturated rings. The Kier molecular flexibility index (Phi) is 6.79. The van der Waals surface area contributed by atoms with E-state index in [-0.39, 0.29) is 18.4 Å². The number of hydrogen-bond donors (Lipinski definition) is 1. The van der Waals surface area contributed by atoms with Crippen LogP contribution in [0, 0.1) is 0 Å². The van der Waals surface area contributed by atoms with Crippen molar-refractivity contribution in [1.82, 2.24) is 5.32 Å². The van der Waals surface area contributed by atoms with E-state index in [4.69, 9.17) is 18.9 Å². The smallest absolute Gasteiger partial charge is 0.165 e. The minimum Gasteiger partial charge on any atom is -0.497 e. The van der Waals surface area contributed by atoms with E-state index in [1.807, 2.05) is 30.3 Å². The molecular formula is C19H24ClNO4. The molecule has 1 heterocycles. The summed E-state index contributed by atoms with van der Waals surface area (Å²) in [5.74, 6) is 3.30. The molecule has 136 valence electrons. The summed E-state index contributed by atoms with van der Waals surface area (Å²) in [5, 5.41) is 3.52. The van der Waals surface area contributed by atoms with Crippen molar-refractivity contribution >= 4 is 12.4 Å².